The molecule has 0 N–H and O–H groups in total. The molecular weight excluding hydrogens is 188 g/mol. The minimum absolute atomic E-state index is 0.929. The summed E-state index contributed by atoms with van der Waals surface area (Å²) in [5.41, 5.74) is 0. The van der Waals surface area contributed by atoms with Crippen LogP contribution >= 0.6 is 24.0 Å². The average Bonchev–Trinajstić information content (AvgIpc) is 2.44. The second kappa shape index (κ2) is 2.99. The molecule has 0 aliphatic heterocycles. The molecule has 0 bridgehead atoms. The number of rotatable bonds is 1. The smallest absolute Gasteiger partial charge is 0.136 e. The Morgan fingerprint density at radius 3 is 3.00 bits per heavy atom. The van der Waals surface area contributed by atoms with Crippen molar-refractivity contribution in [1.82, 2.24) is 0 Å². The summed E-state index contributed by atoms with van der Waals surface area (Å²) < 4.78 is 7.41. The van der Waals surface area contributed by atoms with Crippen molar-refractivity contribution in [2.75, 3.05) is 7.11 Å². The summed E-state index contributed by atoms with van der Waals surface area (Å²) in [6.07, 6.45) is 0. The monoisotopic (exact) mass is 196 g/mol. The SMILES string of the molecule is COc1cccc2cc(S)sc12. The van der Waals surface area contributed by atoms with E-state index >= 15 is 0 Å². The molecule has 0 unspecified atom stereocenters. The first-order valence-electron chi connectivity index (χ1n) is 3.57. The molecule has 0 saturated heterocycles. The van der Waals surface area contributed by atoms with Crippen LogP contribution in [-0.4, -0.2) is 7.11 Å². The van der Waals surface area contributed by atoms with E-state index in [0.29, 0.717) is 0 Å². The third-order valence-corrected chi connectivity index (χ3v) is 3.09. The summed E-state index contributed by atoms with van der Waals surface area (Å²) in [6.45, 7) is 0. The van der Waals surface area contributed by atoms with Crippen molar-refractivity contribution in [2.45, 2.75) is 4.21 Å². The van der Waals surface area contributed by atoms with Gasteiger partial charge in [0, 0.05) is 0 Å². The van der Waals surface area contributed by atoms with Crippen LogP contribution in [0.4, 0.5) is 0 Å². The van der Waals surface area contributed by atoms with Crippen molar-refractivity contribution in [2.24, 2.45) is 0 Å². The highest BCUT2D eigenvalue weighted by Gasteiger charge is 2.03. The van der Waals surface area contributed by atoms with Crippen molar-refractivity contribution in [3.63, 3.8) is 0 Å². The number of benzene rings is 1. The molecular formula is C9H8OS2. The van der Waals surface area contributed by atoms with E-state index in [1.807, 2.05) is 18.2 Å². The van der Waals surface area contributed by atoms with Gasteiger partial charge in [0.05, 0.1) is 16.0 Å². The predicted octanol–water partition coefficient (Wildman–Crippen LogP) is 3.20. The molecule has 1 aromatic heterocycles. The zero-order chi connectivity index (χ0) is 8.55. The number of thiophene rings is 1. The number of fused-ring (bicyclic) bond motifs is 1. The largest absolute Gasteiger partial charge is 0.495 e. The Kier molecular flexibility index (Phi) is 1.98. The van der Waals surface area contributed by atoms with E-state index < -0.39 is 0 Å². The van der Waals surface area contributed by atoms with E-state index in [0.717, 1.165) is 9.96 Å². The Morgan fingerprint density at radius 1 is 1.42 bits per heavy atom. The lowest BCUT2D eigenvalue weighted by Crippen LogP contribution is -1.80. The Balaban J connectivity index is 2.78. The van der Waals surface area contributed by atoms with Gasteiger partial charge in [-0.3, -0.25) is 0 Å². The Bertz CT molecular complexity index is 406. The lowest BCUT2D eigenvalue weighted by atomic mass is 10.2. The van der Waals surface area contributed by atoms with Crippen molar-refractivity contribution in [3.8, 4) is 5.75 Å². The van der Waals surface area contributed by atoms with Crippen LogP contribution in [-0.2, 0) is 0 Å². The van der Waals surface area contributed by atoms with Gasteiger partial charge in [-0.25, -0.2) is 0 Å². The normalized spacial score (nSPS) is 10.5. The molecule has 62 valence electrons. The van der Waals surface area contributed by atoms with Gasteiger partial charge in [-0.1, -0.05) is 12.1 Å². The summed E-state index contributed by atoms with van der Waals surface area (Å²) in [4.78, 5) is 0. The highest BCUT2D eigenvalue weighted by atomic mass is 32.2. The Labute approximate surface area is 80.4 Å². The maximum absolute atomic E-state index is 5.22. The molecule has 0 aliphatic carbocycles. The fraction of sp³-hybridized carbons (Fsp3) is 0.111. The lowest BCUT2D eigenvalue weighted by Gasteiger charge is -1.98. The molecule has 0 fully saturated rings. The third kappa shape index (κ3) is 1.19. The van der Waals surface area contributed by atoms with Crippen LogP contribution < -0.4 is 4.74 Å². The van der Waals surface area contributed by atoms with Gasteiger partial charge in [-0.15, -0.1) is 24.0 Å². The predicted molar refractivity (Wildman–Crippen MR) is 55.6 cm³/mol. The topological polar surface area (TPSA) is 9.23 Å². The second-order valence-corrected chi connectivity index (χ2v) is 4.30. The second-order valence-electron chi connectivity index (χ2n) is 2.46. The van der Waals surface area contributed by atoms with E-state index in [2.05, 4.69) is 18.7 Å². The summed E-state index contributed by atoms with van der Waals surface area (Å²) >= 11 is 5.93. The molecule has 0 amide bonds. The minimum Gasteiger partial charge on any atom is -0.495 e. The zero-order valence-corrected chi connectivity index (χ0v) is 8.28. The molecule has 0 saturated carbocycles. The van der Waals surface area contributed by atoms with Gasteiger partial charge >= 0.3 is 0 Å². The molecule has 0 atom stereocenters. The van der Waals surface area contributed by atoms with Crippen LogP contribution in [0.25, 0.3) is 10.1 Å². The molecule has 0 aliphatic rings. The van der Waals surface area contributed by atoms with Gasteiger partial charge in [0.25, 0.3) is 0 Å². The maximum atomic E-state index is 5.22. The lowest BCUT2D eigenvalue weighted by molar-refractivity contribution is 0.420. The first-order valence-corrected chi connectivity index (χ1v) is 4.83. The van der Waals surface area contributed by atoms with Gasteiger partial charge in [0.15, 0.2) is 0 Å². The summed E-state index contributed by atoms with van der Waals surface area (Å²) in [7, 11) is 1.69. The van der Waals surface area contributed by atoms with Crippen molar-refractivity contribution in [3.05, 3.63) is 24.3 Å². The fourth-order valence-electron chi connectivity index (χ4n) is 1.18. The number of thiol groups is 1. The molecule has 2 rings (SSSR count). The highest BCUT2D eigenvalue weighted by Crippen LogP contribution is 2.34. The summed E-state index contributed by atoms with van der Waals surface area (Å²) in [5.74, 6) is 0.929. The first-order chi connectivity index (χ1) is 5.81. The molecule has 1 heterocycles. The molecule has 1 nitrogen and oxygen atoms in total. The molecule has 1 aromatic carbocycles. The van der Waals surface area contributed by atoms with Gasteiger partial charge < -0.3 is 4.74 Å². The van der Waals surface area contributed by atoms with Crippen LogP contribution in [0.5, 0.6) is 5.75 Å². The van der Waals surface area contributed by atoms with E-state index in [9.17, 15) is 0 Å². The average molecular weight is 196 g/mol. The van der Waals surface area contributed by atoms with E-state index in [1.54, 1.807) is 18.4 Å². The standard InChI is InChI=1S/C9H8OS2/c1-10-7-4-2-3-6-5-8(11)12-9(6)7/h2-5,11H,1H3. The van der Waals surface area contributed by atoms with Crippen LogP contribution in [0.15, 0.2) is 28.5 Å². The fourth-order valence-corrected chi connectivity index (χ4v) is 2.49. The minimum atomic E-state index is 0.929. The van der Waals surface area contributed by atoms with E-state index in [1.165, 1.54) is 10.1 Å². The molecule has 3 heteroatoms. The quantitative estimate of drug-likeness (QED) is 0.689. The Hall–Kier alpha value is -0.670. The molecule has 2 aromatic rings. The van der Waals surface area contributed by atoms with Crippen LogP contribution in [0.2, 0.25) is 0 Å². The number of ether oxygens (including phenoxy) is 1. The number of hydrogen-bond donors (Lipinski definition) is 1. The molecule has 0 spiro atoms. The number of hydrogen-bond acceptors (Lipinski definition) is 3. The van der Waals surface area contributed by atoms with E-state index in [4.69, 9.17) is 4.74 Å². The van der Waals surface area contributed by atoms with Crippen molar-refractivity contribution in [1.29, 1.82) is 0 Å². The maximum Gasteiger partial charge on any atom is 0.136 e. The molecule has 0 radical (unpaired) electrons. The summed E-state index contributed by atoms with van der Waals surface area (Å²) in [6, 6.07) is 8.06. The van der Waals surface area contributed by atoms with E-state index in [-0.39, 0.29) is 0 Å². The van der Waals surface area contributed by atoms with Crippen molar-refractivity contribution >= 4 is 34.1 Å². The van der Waals surface area contributed by atoms with Gasteiger partial charge in [0.2, 0.25) is 0 Å². The Morgan fingerprint density at radius 2 is 2.25 bits per heavy atom. The zero-order valence-electron chi connectivity index (χ0n) is 6.57. The van der Waals surface area contributed by atoms with Gasteiger partial charge in [0.1, 0.15) is 5.75 Å². The van der Waals surface area contributed by atoms with Gasteiger partial charge in [-0.2, -0.15) is 0 Å². The van der Waals surface area contributed by atoms with Crippen molar-refractivity contribution < 1.29 is 4.74 Å². The highest BCUT2D eigenvalue weighted by molar-refractivity contribution is 7.83. The third-order valence-electron chi connectivity index (χ3n) is 1.71. The molecule has 12 heavy (non-hydrogen) atoms. The first kappa shape index (κ1) is 7.95. The van der Waals surface area contributed by atoms with Gasteiger partial charge in [-0.05, 0) is 17.5 Å². The van der Waals surface area contributed by atoms with Crippen LogP contribution in [0, 0.1) is 0 Å². The van der Waals surface area contributed by atoms with Crippen LogP contribution in [0.1, 0.15) is 0 Å². The summed E-state index contributed by atoms with van der Waals surface area (Å²) in [5, 5.41) is 1.20. The number of methoxy groups -OCH3 is 1. The van der Waals surface area contributed by atoms with Crippen LogP contribution in [0.3, 0.4) is 0 Å².